The first-order valence-corrected chi connectivity index (χ1v) is 16.1. The molecule has 0 bridgehead atoms. The van der Waals surface area contributed by atoms with Crippen molar-refractivity contribution in [3.8, 4) is 0 Å². The van der Waals surface area contributed by atoms with Gasteiger partial charge in [0.15, 0.2) is 16.8 Å². The first-order valence-electron chi connectivity index (χ1n) is 14.0. The molecule has 44 heavy (non-hydrogen) atoms. The Morgan fingerprint density at radius 3 is 2.18 bits per heavy atom. The fraction of sp³-hybridized carbons (Fsp3) is 0.273. The second-order valence-electron chi connectivity index (χ2n) is 10.8. The van der Waals surface area contributed by atoms with Crippen molar-refractivity contribution in [2.75, 3.05) is 11.5 Å². The van der Waals surface area contributed by atoms with Crippen LogP contribution in [0.15, 0.2) is 101 Å². The molecule has 0 aliphatic carbocycles. The molecule has 226 valence electrons. The maximum absolute atomic E-state index is 14.1. The van der Waals surface area contributed by atoms with Gasteiger partial charge < -0.3 is 4.74 Å². The number of thioether (sulfide) groups is 2. The fourth-order valence-corrected chi connectivity index (χ4v) is 7.71. The molecule has 3 aromatic rings. The number of hydrogen-bond acceptors (Lipinski definition) is 9. The summed E-state index contributed by atoms with van der Waals surface area (Å²) in [5, 5.41) is 10.5. The van der Waals surface area contributed by atoms with Crippen LogP contribution in [0.1, 0.15) is 43.6 Å². The van der Waals surface area contributed by atoms with Crippen molar-refractivity contribution in [1.29, 1.82) is 0 Å². The minimum atomic E-state index is -1.16. The molecule has 1 saturated heterocycles. The number of aliphatic imine (C=N–C) groups is 1. The van der Waals surface area contributed by atoms with E-state index < -0.39 is 27.9 Å². The minimum absolute atomic E-state index is 0.0389. The van der Waals surface area contributed by atoms with Gasteiger partial charge in [-0.2, -0.15) is 0 Å². The summed E-state index contributed by atoms with van der Waals surface area (Å²) in [5.74, 6) is -0.522. The first kappa shape index (κ1) is 31.2. The van der Waals surface area contributed by atoms with Gasteiger partial charge in [0.1, 0.15) is 11.1 Å². The number of rotatable bonds is 10. The third-order valence-electron chi connectivity index (χ3n) is 7.65. The zero-order valence-corrected chi connectivity index (χ0v) is 26.0. The van der Waals surface area contributed by atoms with Gasteiger partial charge in [-0.15, -0.1) is 11.8 Å². The molecule has 1 unspecified atom stereocenters. The van der Waals surface area contributed by atoms with Gasteiger partial charge in [-0.3, -0.25) is 29.6 Å². The molecule has 9 nitrogen and oxygen atoms in total. The lowest BCUT2D eigenvalue weighted by Gasteiger charge is -2.57. The predicted octanol–water partition coefficient (Wildman–Crippen LogP) is 6.19. The summed E-state index contributed by atoms with van der Waals surface area (Å²) in [4.78, 5) is 57.0. The first-order chi connectivity index (χ1) is 21.1. The summed E-state index contributed by atoms with van der Waals surface area (Å²) in [5.41, 5.74) is 1.80. The Balaban J connectivity index is 1.50. The summed E-state index contributed by atoms with van der Waals surface area (Å²) in [6.45, 7) is 5.29. The van der Waals surface area contributed by atoms with E-state index in [2.05, 4.69) is 0 Å². The Kier molecular flexibility index (Phi) is 9.36. The summed E-state index contributed by atoms with van der Waals surface area (Å²) in [6, 6.07) is 24.8. The van der Waals surface area contributed by atoms with Crippen LogP contribution in [0, 0.1) is 16.0 Å². The van der Waals surface area contributed by atoms with E-state index in [-0.39, 0.29) is 34.1 Å². The standard InChI is InChI=1S/C33H31N3O6S2/c1-21(2)33(34-18-23-14-16-27(17-15-23)36(40)41)31(39)35-28(26(19-43-22(3)37)20-44-32(33)35)30(38)42-29(24-10-6-4-7-11-24)25-12-8-5-9-13-25/h4-18,21,29,32H,19-20H2,1-3H3/t32-,33?/m1/s1. The number of amides is 1. The summed E-state index contributed by atoms with van der Waals surface area (Å²) < 4.78 is 6.20. The average molecular weight is 630 g/mol. The number of nitro benzene ring substituents is 1. The monoisotopic (exact) mass is 629 g/mol. The quantitative estimate of drug-likeness (QED) is 0.0856. The van der Waals surface area contributed by atoms with E-state index in [9.17, 15) is 24.5 Å². The molecule has 0 saturated carbocycles. The number of esters is 1. The van der Waals surface area contributed by atoms with Crippen LogP contribution >= 0.6 is 23.5 Å². The highest BCUT2D eigenvalue weighted by atomic mass is 32.2. The van der Waals surface area contributed by atoms with Gasteiger partial charge >= 0.3 is 5.97 Å². The number of fused-ring (bicyclic) bond motifs is 1. The molecule has 0 spiro atoms. The number of carbonyl (C=O) groups excluding carboxylic acids is 3. The molecule has 2 aliphatic rings. The Bertz CT molecular complexity index is 1590. The van der Waals surface area contributed by atoms with Crippen LogP contribution in [-0.4, -0.2) is 55.4 Å². The van der Waals surface area contributed by atoms with Crippen LogP contribution in [0.25, 0.3) is 0 Å². The van der Waals surface area contributed by atoms with Crippen LogP contribution in [0.3, 0.4) is 0 Å². The molecule has 2 atom stereocenters. The lowest BCUT2D eigenvalue weighted by molar-refractivity contribution is -0.384. The number of nitrogens with zero attached hydrogens (tertiary/aromatic N) is 3. The minimum Gasteiger partial charge on any atom is -0.448 e. The molecule has 2 heterocycles. The third-order valence-corrected chi connectivity index (χ3v) is 9.95. The van der Waals surface area contributed by atoms with E-state index in [1.165, 1.54) is 35.7 Å². The molecule has 11 heteroatoms. The maximum Gasteiger partial charge on any atom is 0.356 e. The van der Waals surface area contributed by atoms with Crippen molar-refractivity contribution < 1.29 is 24.0 Å². The lowest BCUT2D eigenvalue weighted by atomic mass is 9.77. The second-order valence-corrected chi connectivity index (χ2v) is 13.0. The highest BCUT2D eigenvalue weighted by Crippen LogP contribution is 2.52. The van der Waals surface area contributed by atoms with E-state index in [0.717, 1.165) is 22.9 Å². The maximum atomic E-state index is 14.1. The van der Waals surface area contributed by atoms with Gasteiger partial charge in [-0.1, -0.05) is 86.3 Å². The Labute approximate surface area is 263 Å². The van der Waals surface area contributed by atoms with Crippen LogP contribution in [0.4, 0.5) is 5.69 Å². The second kappa shape index (κ2) is 13.2. The van der Waals surface area contributed by atoms with Crippen molar-refractivity contribution >= 4 is 52.4 Å². The fourth-order valence-electron chi connectivity index (χ4n) is 5.33. The van der Waals surface area contributed by atoms with E-state index >= 15 is 0 Å². The van der Waals surface area contributed by atoms with Gasteiger partial charge in [-0.05, 0) is 40.3 Å². The summed E-state index contributed by atoms with van der Waals surface area (Å²) in [7, 11) is 0. The molecule has 3 aromatic carbocycles. The van der Waals surface area contributed by atoms with Gasteiger partial charge in [0.05, 0.1) is 4.92 Å². The highest BCUT2D eigenvalue weighted by Gasteiger charge is 2.66. The Morgan fingerprint density at radius 2 is 1.66 bits per heavy atom. The van der Waals surface area contributed by atoms with Gasteiger partial charge in [-0.25, -0.2) is 4.79 Å². The topological polar surface area (TPSA) is 119 Å². The summed E-state index contributed by atoms with van der Waals surface area (Å²) >= 11 is 2.58. The average Bonchev–Trinajstić information content (AvgIpc) is 3.03. The molecule has 1 amide bonds. The van der Waals surface area contributed by atoms with Crippen molar-refractivity contribution in [3.05, 3.63) is 123 Å². The third kappa shape index (κ3) is 6.07. The zero-order chi connectivity index (χ0) is 31.4. The molecule has 5 rings (SSSR count). The van der Waals surface area contributed by atoms with Crippen molar-refractivity contribution in [3.63, 3.8) is 0 Å². The molecule has 1 fully saturated rings. The van der Waals surface area contributed by atoms with Crippen LogP contribution in [-0.2, 0) is 19.1 Å². The van der Waals surface area contributed by atoms with E-state index in [0.29, 0.717) is 16.9 Å². The van der Waals surface area contributed by atoms with Crippen LogP contribution < -0.4 is 0 Å². The van der Waals surface area contributed by atoms with Crippen molar-refractivity contribution in [1.82, 2.24) is 4.90 Å². The summed E-state index contributed by atoms with van der Waals surface area (Å²) in [6.07, 6.45) is 0.849. The molecular formula is C33H31N3O6S2. The van der Waals surface area contributed by atoms with Gasteiger partial charge in [0.25, 0.3) is 11.6 Å². The van der Waals surface area contributed by atoms with Crippen molar-refractivity contribution in [2.24, 2.45) is 10.9 Å². The van der Waals surface area contributed by atoms with E-state index in [1.807, 2.05) is 74.5 Å². The number of β-lactam (4-membered cyclic amide) rings is 1. The predicted molar refractivity (Wildman–Crippen MR) is 172 cm³/mol. The number of nitro groups is 1. The molecule has 0 aromatic heterocycles. The molecule has 2 aliphatic heterocycles. The van der Waals surface area contributed by atoms with Gasteiger partial charge in [0, 0.05) is 36.8 Å². The smallest absolute Gasteiger partial charge is 0.356 e. The molecule has 0 radical (unpaired) electrons. The Morgan fingerprint density at radius 1 is 1.07 bits per heavy atom. The van der Waals surface area contributed by atoms with Crippen molar-refractivity contribution in [2.45, 2.75) is 37.8 Å². The number of ether oxygens (including phenoxy) is 1. The normalized spacial score (nSPS) is 19.7. The number of hydrogen-bond donors (Lipinski definition) is 0. The van der Waals surface area contributed by atoms with Crippen LogP contribution in [0.2, 0.25) is 0 Å². The number of carbonyl (C=O) groups is 3. The van der Waals surface area contributed by atoms with Crippen LogP contribution in [0.5, 0.6) is 0 Å². The molecular weight excluding hydrogens is 599 g/mol. The molecule has 0 N–H and O–H groups in total. The van der Waals surface area contributed by atoms with E-state index in [1.54, 1.807) is 18.3 Å². The highest BCUT2D eigenvalue weighted by molar-refractivity contribution is 8.13. The van der Waals surface area contributed by atoms with Gasteiger partial charge in [0.2, 0.25) is 0 Å². The number of benzene rings is 3. The SMILES string of the molecule is CC(=O)SCC1=C(C(=O)OC(c2ccccc2)c2ccccc2)N2C(=O)C(N=Cc3ccc([N+](=O)[O-])cc3)(C(C)C)[C@H]2SC1. The lowest BCUT2D eigenvalue weighted by Crippen LogP contribution is -2.74. The zero-order valence-electron chi connectivity index (χ0n) is 24.4. The largest absolute Gasteiger partial charge is 0.448 e. The number of non-ortho nitro benzene ring substituents is 1. The van der Waals surface area contributed by atoms with E-state index in [4.69, 9.17) is 9.73 Å². The Hall–Kier alpha value is -4.22.